The maximum atomic E-state index is 12.3. The monoisotopic (exact) mass is 284 g/mol. The van der Waals surface area contributed by atoms with Crippen molar-refractivity contribution in [1.29, 1.82) is 0 Å². The predicted octanol–water partition coefficient (Wildman–Crippen LogP) is 1.45. The molecule has 0 bridgehead atoms. The number of hydrogen-bond donors (Lipinski definition) is 2. The van der Waals surface area contributed by atoms with Gasteiger partial charge in [-0.05, 0) is 39.5 Å². The van der Waals surface area contributed by atoms with Crippen LogP contribution in [0, 0.1) is 5.41 Å². The Balaban J connectivity index is 1.87. The molecule has 2 heterocycles. The molecule has 0 unspecified atom stereocenters. The van der Waals surface area contributed by atoms with Gasteiger partial charge in [-0.25, -0.2) is 4.79 Å². The van der Waals surface area contributed by atoms with Gasteiger partial charge in [0.15, 0.2) is 0 Å². The average molecular weight is 284 g/mol. The molecule has 20 heavy (non-hydrogen) atoms. The Morgan fingerprint density at radius 3 is 2.15 bits per heavy atom. The number of rotatable bonds is 2. The van der Waals surface area contributed by atoms with Gasteiger partial charge in [-0.3, -0.25) is 4.79 Å². The van der Waals surface area contributed by atoms with Gasteiger partial charge >= 0.3 is 12.0 Å². The minimum absolute atomic E-state index is 0.0816. The first-order valence-electron chi connectivity index (χ1n) is 7.23. The molecule has 2 fully saturated rings. The quantitative estimate of drug-likeness (QED) is 0.804. The molecule has 6 nitrogen and oxygen atoms in total. The number of hydrogen-bond acceptors (Lipinski definition) is 3. The molecule has 2 amide bonds. The number of urea groups is 1. The van der Waals surface area contributed by atoms with Gasteiger partial charge in [-0.1, -0.05) is 0 Å². The average Bonchev–Trinajstić information content (AvgIpc) is 2.39. The van der Waals surface area contributed by atoms with Crippen LogP contribution in [0.3, 0.4) is 0 Å². The Labute approximate surface area is 119 Å². The second kappa shape index (κ2) is 5.60. The topological polar surface area (TPSA) is 78.9 Å². The van der Waals surface area contributed by atoms with Crippen LogP contribution in [0.15, 0.2) is 0 Å². The molecule has 2 aliphatic heterocycles. The summed E-state index contributed by atoms with van der Waals surface area (Å²) in [4.78, 5) is 25.2. The Morgan fingerprint density at radius 1 is 1.10 bits per heavy atom. The van der Waals surface area contributed by atoms with Crippen LogP contribution in [-0.2, 0) is 9.53 Å². The first-order valence-corrected chi connectivity index (χ1v) is 7.23. The van der Waals surface area contributed by atoms with Gasteiger partial charge in [-0.15, -0.1) is 0 Å². The number of carbonyl (C=O) groups excluding carboxylic acids is 1. The zero-order valence-corrected chi connectivity index (χ0v) is 12.3. The van der Waals surface area contributed by atoms with E-state index in [9.17, 15) is 14.7 Å². The predicted molar refractivity (Wildman–Crippen MR) is 73.5 cm³/mol. The van der Waals surface area contributed by atoms with Crippen LogP contribution in [0.4, 0.5) is 4.79 Å². The summed E-state index contributed by atoms with van der Waals surface area (Å²) in [5.41, 5.74) is -0.901. The zero-order valence-electron chi connectivity index (χ0n) is 12.3. The molecule has 114 valence electrons. The molecule has 2 saturated heterocycles. The van der Waals surface area contributed by atoms with Crippen molar-refractivity contribution in [2.75, 3.05) is 26.3 Å². The van der Waals surface area contributed by atoms with Gasteiger partial charge in [0.05, 0.1) is 5.41 Å². The normalized spacial score (nSPS) is 25.0. The molecule has 0 aromatic heterocycles. The largest absolute Gasteiger partial charge is 0.481 e. The summed E-state index contributed by atoms with van der Waals surface area (Å²) in [5.74, 6) is -0.769. The van der Waals surface area contributed by atoms with Crippen molar-refractivity contribution in [3.63, 3.8) is 0 Å². The Hall–Kier alpha value is -1.30. The Bertz CT molecular complexity index is 383. The maximum Gasteiger partial charge on any atom is 0.317 e. The van der Waals surface area contributed by atoms with Gasteiger partial charge in [0.1, 0.15) is 0 Å². The van der Waals surface area contributed by atoms with Crippen LogP contribution in [0.5, 0.6) is 0 Å². The maximum absolute atomic E-state index is 12.3. The van der Waals surface area contributed by atoms with E-state index in [0.29, 0.717) is 39.1 Å². The summed E-state index contributed by atoms with van der Waals surface area (Å²) in [5, 5.41) is 12.3. The number of likely N-dealkylation sites (tertiary alicyclic amines) is 1. The lowest BCUT2D eigenvalue weighted by atomic mass is 9.80. The van der Waals surface area contributed by atoms with Crippen LogP contribution in [0.25, 0.3) is 0 Å². The summed E-state index contributed by atoms with van der Waals surface area (Å²) in [6, 6.07) is -0.0816. The van der Waals surface area contributed by atoms with E-state index in [1.165, 1.54) is 0 Å². The van der Waals surface area contributed by atoms with E-state index in [4.69, 9.17) is 4.74 Å². The van der Waals surface area contributed by atoms with Gasteiger partial charge < -0.3 is 20.1 Å². The van der Waals surface area contributed by atoms with Gasteiger partial charge in [0, 0.05) is 31.8 Å². The first kappa shape index (κ1) is 15.1. The molecule has 2 aliphatic rings. The van der Waals surface area contributed by atoms with Crippen molar-refractivity contribution in [1.82, 2.24) is 10.2 Å². The van der Waals surface area contributed by atoms with Gasteiger partial charge in [0.25, 0.3) is 0 Å². The molecule has 0 atom stereocenters. The minimum atomic E-state index is -0.769. The second-order valence-corrected chi connectivity index (χ2v) is 6.46. The third-order valence-corrected chi connectivity index (χ3v) is 4.68. The lowest BCUT2D eigenvalue weighted by Crippen LogP contribution is -2.56. The highest BCUT2D eigenvalue weighted by atomic mass is 16.5. The van der Waals surface area contributed by atoms with Crippen LogP contribution >= 0.6 is 0 Å². The molecule has 2 rings (SSSR count). The van der Waals surface area contributed by atoms with E-state index >= 15 is 0 Å². The van der Waals surface area contributed by atoms with Crippen molar-refractivity contribution in [3.05, 3.63) is 0 Å². The molecular weight excluding hydrogens is 260 g/mol. The number of carboxylic acids is 1. The van der Waals surface area contributed by atoms with Crippen LogP contribution in [0.1, 0.15) is 39.5 Å². The third kappa shape index (κ3) is 3.23. The SMILES string of the molecule is CC1(NC(=O)N2CCC(C)(C(=O)O)CC2)CCOCC1. The molecule has 2 N–H and O–H groups in total. The highest BCUT2D eigenvalue weighted by Crippen LogP contribution is 2.31. The fraction of sp³-hybridized carbons (Fsp3) is 0.857. The van der Waals surface area contributed by atoms with E-state index in [2.05, 4.69) is 5.32 Å². The van der Waals surface area contributed by atoms with Crippen molar-refractivity contribution >= 4 is 12.0 Å². The number of carbonyl (C=O) groups is 2. The number of amides is 2. The molecular formula is C14H24N2O4. The Kier molecular flexibility index (Phi) is 4.22. The smallest absolute Gasteiger partial charge is 0.317 e. The first-order chi connectivity index (χ1) is 9.35. The zero-order chi connectivity index (χ0) is 14.8. The standard InChI is InChI=1S/C14H24N2O4/c1-13(11(17)18)3-7-16(8-4-13)12(19)15-14(2)5-9-20-10-6-14/h3-10H2,1-2H3,(H,15,19)(H,17,18). The van der Waals surface area contributed by atoms with Crippen molar-refractivity contribution < 1.29 is 19.4 Å². The highest BCUT2D eigenvalue weighted by molar-refractivity contribution is 5.77. The fourth-order valence-corrected chi connectivity index (χ4v) is 2.70. The number of nitrogens with zero attached hydrogens (tertiary/aromatic N) is 1. The number of nitrogens with one attached hydrogen (secondary N) is 1. The van der Waals surface area contributed by atoms with Crippen molar-refractivity contribution in [2.45, 2.75) is 45.1 Å². The minimum Gasteiger partial charge on any atom is -0.481 e. The summed E-state index contributed by atoms with van der Waals surface area (Å²) < 4.78 is 5.32. The number of carboxylic acid groups (broad SMARTS) is 1. The van der Waals surface area contributed by atoms with Gasteiger partial charge in [-0.2, -0.15) is 0 Å². The summed E-state index contributed by atoms with van der Waals surface area (Å²) in [6.45, 7) is 6.15. The number of piperidine rings is 1. The lowest BCUT2D eigenvalue weighted by molar-refractivity contribution is -0.150. The highest BCUT2D eigenvalue weighted by Gasteiger charge is 2.39. The lowest BCUT2D eigenvalue weighted by Gasteiger charge is -2.40. The summed E-state index contributed by atoms with van der Waals surface area (Å²) in [6.07, 6.45) is 2.66. The molecule has 0 aliphatic carbocycles. The summed E-state index contributed by atoms with van der Waals surface area (Å²) >= 11 is 0. The van der Waals surface area contributed by atoms with Gasteiger partial charge in [0.2, 0.25) is 0 Å². The van der Waals surface area contributed by atoms with E-state index in [-0.39, 0.29) is 11.6 Å². The van der Waals surface area contributed by atoms with Crippen molar-refractivity contribution in [2.24, 2.45) is 5.41 Å². The second-order valence-electron chi connectivity index (χ2n) is 6.46. The van der Waals surface area contributed by atoms with E-state index < -0.39 is 11.4 Å². The van der Waals surface area contributed by atoms with E-state index in [1.54, 1.807) is 11.8 Å². The van der Waals surface area contributed by atoms with Crippen LogP contribution < -0.4 is 5.32 Å². The third-order valence-electron chi connectivity index (χ3n) is 4.68. The number of ether oxygens (including phenoxy) is 1. The van der Waals surface area contributed by atoms with Crippen molar-refractivity contribution in [3.8, 4) is 0 Å². The molecule has 0 radical (unpaired) electrons. The molecule has 0 aromatic rings. The molecule has 6 heteroatoms. The summed E-state index contributed by atoms with van der Waals surface area (Å²) in [7, 11) is 0. The molecule has 0 spiro atoms. The van der Waals surface area contributed by atoms with E-state index in [0.717, 1.165) is 12.8 Å². The fourth-order valence-electron chi connectivity index (χ4n) is 2.70. The molecule has 0 aromatic carbocycles. The van der Waals surface area contributed by atoms with Crippen LogP contribution in [0.2, 0.25) is 0 Å². The van der Waals surface area contributed by atoms with E-state index in [1.807, 2.05) is 6.92 Å². The van der Waals surface area contributed by atoms with Crippen LogP contribution in [-0.4, -0.2) is 53.8 Å². The molecule has 0 saturated carbocycles. The Morgan fingerprint density at radius 2 is 1.65 bits per heavy atom. The number of aliphatic carboxylic acids is 1.